The van der Waals surface area contributed by atoms with Crippen molar-refractivity contribution >= 4 is 0 Å². The molecule has 0 aromatic rings. The highest BCUT2D eigenvalue weighted by atomic mass is 16.5. The van der Waals surface area contributed by atoms with Crippen LogP contribution >= 0.6 is 0 Å². The molecular weight excluding hydrogens is 316 g/mol. The summed E-state index contributed by atoms with van der Waals surface area (Å²) < 4.78 is 6.70. The fourth-order valence-corrected chi connectivity index (χ4v) is 9.35. The fraction of sp³-hybridized carbons (Fsp3) is 1.00. The molecule has 6 fully saturated rings. The molecule has 6 aliphatic carbocycles. The quantitative estimate of drug-likeness (QED) is 0.543. The Hall–Kier alpha value is -0.0400. The molecule has 146 valence electrons. The summed E-state index contributed by atoms with van der Waals surface area (Å²) in [5.74, 6) is 5.07. The van der Waals surface area contributed by atoms with Crippen molar-refractivity contribution < 1.29 is 4.74 Å². The summed E-state index contributed by atoms with van der Waals surface area (Å²) in [6, 6.07) is 0. The Morgan fingerprint density at radius 1 is 0.654 bits per heavy atom. The second-order valence-electron chi connectivity index (χ2n) is 12.0. The molecule has 0 aliphatic heterocycles. The van der Waals surface area contributed by atoms with Crippen LogP contribution in [0.25, 0.3) is 0 Å². The predicted molar refractivity (Wildman–Crippen MR) is 106 cm³/mol. The molecule has 0 aromatic carbocycles. The Kier molecular flexibility index (Phi) is 3.58. The average Bonchev–Trinajstić information content (AvgIpc) is 3.55. The first-order valence-electron chi connectivity index (χ1n) is 12.2. The van der Waals surface area contributed by atoms with Crippen molar-refractivity contribution in [2.45, 2.75) is 115 Å². The molecule has 0 amide bonds. The van der Waals surface area contributed by atoms with Crippen molar-refractivity contribution in [3.63, 3.8) is 0 Å². The Bertz CT molecular complexity index is 575. The van der Waals surface area contributed by atoms with E-state index in [2.05, 4.69) is 13.8 Å². The molecule has 6 aliphatic rings. The van der Waals surface area contributed by atoms with E-state index in [0.29, 0.717) is 22.5 Å². The summed E-state index contributed by atoms with van der Waals surface area (Å²) in [5.41, 5.74) is 1.64. The van der Waals surface area contributed by atoms with Crippen LogP contribution in [0.3, 0.4) is 0 Å². The lowest BCUT2D eigenvalue weighted by molar-refractivity contribution is -0.131. The molecule has 0 heterocycles. The summed E-state index contributed by atoms with van der Waals surface area (Å²) in [6.45, 7) is 5.44. The Morgan fingerprint density at radius 2 is 1.46 bits per heavy atom. The van der Waals surface area contributed by atoms with Crippen molar-refractivity contribution in [3.05, 3.63) is 0 Å². The van der Waals surface area contributed by atoms with Crippen molar-refractivity contribution in [2.24, 2.45) is 40.4 Å². The molecule has 6 saturated carbocycles. The van der Waals surface area contributed by atoms with Crippen LogP contribution in [-0.4, -0.2) is 11.7 Å². The standard InChI is InChI=1S/C25H40O/c1-23-13-4-3-5-17(23)6-9-19-20-10-11-22(24(20,2)14-12-21(19)23)25(15-16-25)26-18-7-8-18/h17-22H,3-16H2,1-2H3/t17?,19-,20-,21+,22?,23-,24-/m0/s1. The summed E-state index contributed by atoms with van der Waals surface area (Å²) in [5, 5.41) is 0. The molecule has 0 bridgehead atoms. The highest BCUT2D eigenvalue weighted by Gasteiger charge is 2.66. The maximum Gasteiger partial charge on any atom is 0.0721 e. The van der Waals surface area contributed by atoms with Crippen LogP contribution < -0.4 is 0 Å². The smallest absolute Gasteiger partial charge is 0.0721 e. The van der Waals surface area contributed by atoms with E-state index in [-0.39, 0.29) is 0 Å². The van der Waals surface area contributed by atoms with Crippen LogP contribution in [0.5, 0.6) is 0 Å². The maximum absolute atomic E-state index is 6.70. The molecule has 0 spiro atoms. The van der Waals surface area contributed by atoms with Crippen LogP contribution in [0.2, 0.25) is 0 Å². The zero-order chi connectivity index (χ0) is 17.6. The van der Waals surface area contributed by atoms with Crippen molar-refractivity contribution in [1.82, 2.24) is 0 Å². The van der Waals surface area contributed by atoms with Gasteiger partial charge in [0.15, 0.2) is 0 Å². The Morgan fingerprint density at radius 3 is 2.23 bits per heavy atom. The lowest BCUT2D eigenvalue weighted by Crippen LogP contribution is -2.53. The normalized spacial score (nSPS) is 54.9. The minimum Gasteiger partial charge on any atom is -0.371 e. The largest absolute Gasteiger partial charge is 0.371 e. The van der Waals surface area contributed by atoms with Gasteiger partial charge in [0, 0.05) is 0 Å². The maximum atomic E-state index is 6.70. The van der Waals surface area contributed by atoms with Crippen molar-refractivity contribution in [2.75, 3.05) is 0 Å². The van der Waals surface area contributed by atoms with Gasteiger partial charge in [-0.2, -0.15) is 0 Å². The minimum absolute atomic E-state index is 0.337. The van der Waals surface area contributed by atoms with Gasteiger partial charge in [-0.15, -0.1) is 0 Å². The van der Waals surface area contributed by atoms with Gasteiger partial charge >= 0.3 is 0 Å². The molecule has 26 heavy (non-hydrogen) atoms. The van der Waals surface area contributed by atoms with Gasteiger partial charge in [-0.05, 0) is 117 Å². The van der Waals surface area contributed by atoms with Gasteiger partial charge in [0.1, 0.15) is 0 Å². The SMILES string of the molecule is C[C@]12CCCCC1CC[C@@H]1[C@H]2CC[C@]2(C)C(C3(OC4CC4)CC3)CC[C@@H]12. The van der Waals surface area contributed by atoms with E-state index in [4.69, 9.17) is 4.74 Å². The third kappa shape index (κ3) is 2.25. The monoisotopic (exact) mass is 356 g/mol. The second-order valence-corrected chi connectivity index (χ2v) is 12.0. The van der Waals surface area contributed by atoms with E-state index >= 15 is 0 Å². The average molecular weight is 357 g/mol. The third-order valence-corrected chi connectivity index (χ3v) is 10.9. The zero-order valence-corrected chi connectivity index (χ0v) is 17.3. The van der Waals surface area contributed by atoms with Crippen LogP contribution in [0, 0.1) is 40.4 Å². The molecule has 0 N–H and O–H groups in total. The molecule has 0 radical (unpaired) electrons. The Balaban J connectivity index is 1.27. The Labute approximate surface area is 161 Å². The summed E-state index contributed by atoms with van der Waals surface area (Å²) >= 11 is 0. The van der Waals surface area contributed by atoms with Gasteiger partial charge in [-0.3, -0.25) is 0 Å². The number of hydrogen-bond acceptors (Lipinski definition) is 1. The topological polar surface area (TPSA) is 9.23 Å². The molecule has 1 nitrogen and oxygen atoms in total. The summed E-state index contributed by atoms with van der Waals surface area (Å²) in [4.78, 5) is 0. The minimum atomic E-state index is 0.337. The molecule has 0 aromatic heterocycles. The number of hydrogen-bond donors (Lipinski definition) is 0. The van der Waals surface area contributed by atoms with E-state index in [1.54, 1.807) is 32.1 Å². The number of rotatable bonds is 3. The van der Waals surface area contributed by atoms with E-state index < -0.39 is 0 Å². The predicted octanol–water partition coefficient (Wildman–Crippen LogP) is 6.75. The zero-order valence-electron chi connectivity index (χ0n) is 17.3. The van der Waals surface area contributed by atoms with Gasteiger partial charge in [-0.1, -0.05) is 26.7 Å². The lowest BCUT2D eigenvalue weighted by atomic mass is 9.44. The molecule has 0 saturated heterocycles. The number of fused-ring (bicyclic) bond motifs is 5. The molecule has 1 heteroatoms. The van der Waals surface area contributed by atoms with Crippen LogP contribution in [-0.2, 0) is 4.74 Å². The van der Waals surface area contributed by atoms with Crippen LogP contribution in [0.4, 0.5) is 0 Å². The highest BCUT2D eigenvalue weighted by Crippen LogP contribution is 2.71. The molecule has 6 rings (SSSR count). The molecule has 7 atom stereocenters. The third-order valence-electron chi connectivity index (χ3n) is 10.9. The van der Waals surface area contributed by atoms with Crippen LogP contribution in [0.15, 0.2) is 0 Å². The molecular formula is C25H40O. The van der Waals surface area contributed by atoms with E-state index in [9.17, 15) is 0 Å². The highest BCUT2D eigenvalue weighted by molar-refractivity contribution is 5.16. The number of ether oxygens (including phenoxy) is 1. The summed E-state index contributed by atoms with van der Waals surface area (Å²) in [6.07, 6.45) is 21.4. The van der Waals surface area contributed by atoms with E-state index in [1.807, 2.05) is 0 Å². The van der Waals surface area contributed by atoms with Gasteiger partial charge in [0.25, 0.3) is 0 Å². The van der Waals surface area contributed by atoms with Gasteiger partial charge in [-0.25, -0.2) is 0 Å². The first-order valence-corrected chi connectivity index (χ1v) is 12.2. The fourth-order valence-electron chi connectivity index (χ4n) is 9.35. The summed E-state index contributed by atoms with van der Waals surface area (Å²) in [7, 11) is 0. The van der Waals surface area contributed by atoms with Gasteiger partial charge < -0.3 is 4.74 Å². The first kappa shape index (κ1) is 16.9. The van der Waals surface area contributed by atoms with Gasteiger partial charge in [0.2, 0.25) is 0 Å². The van der Waals surface area contributed by atoms with Gasteiger partial charge in [0.05, 0.1) is 11.7 Å². The second kappa shape index (κ2) is 5.52. The first-order chi connectivity index (χ1) is 12.6. The van der Waals surface area contributed by atoms with Crippen LogP contribution in [0.1, 0.15) is 104 Å². The van der Waals surface area contributed by atoms with Crippen molar-refractivity contribution in [3.8, 4) is 0 Å². The van der Waals surface area contributed by atoms with E-state index in [0.717, 1.165) is 29.6 Å². The lowest BCUT2D eigenvalue weighted by Gasteiger charge is -2.61. The molecule has 2 unspecified atom stereocenters. The van der Waals surface area contributed by atoms with Crippen molar-refractivity contribution in [1.29, 1.82) is 0 Å². The van der Waals surface area contributed by atoms with E-state index in [1.165, 1.54) is 57.8 Å².